The molecule has 6 nitrogen and oxygen atoms in total. The molecule has 0 aromatic rings. The number of hydrogen-bond donors (Lipinski definition) is 2. The first-order valence-electron chi connectivity index (χ1n) is 4.82. The molecule has 7 heteroatoms. The van der Waals surface area contributed by atoms with Gasteiger partial charge in [0.2, 0.25) is 0 Å². The fourth-order valence-electron chi connectivity index (χ4n) is 0.901. The Hall–Kier alpha value is -0.680. The predicted octanol–water partition coefficient (Wildman–Crippen LogP) is 1.38. The third-order valence-electron chi connectivity index (χ3n) is 1.78. The Kier molecular flexibility index (Phi) is 6.52. The molecule has 0 fully saturated rings. The average Bonchev–Trinajstić information content (AvgIpc) is 2.13. The maximum atomic E-state index is 11.2. The molecule has 0 saturated heterocycles. The van der Waals surface area contributed by atoms with Crippen LogP contribution in [0.3, 0.4) is 0 Å². The van der Waals surface area contributed by atoms with Crippen molar-refractivity contribution in [2.75, 3.05) is 6.61 Å². The van der Waals surface area contributed by atoms with Gasteiger partial charge >= 0.3 is 13.8 Å². The zero-order chi connectivity index (χ0) is 12.8. The lowest BCUT2D eigenvalue weighted by molar-refractivity contribution is -0.144. The van der Waals surface area contributed by atoms with E-state index in [1.807, 2.05) is 0 Å². The Bertz CT molecular complexity index is 294. The predicted molar refractivity (Wildman–Crippen MR) is 57.6 cm³/mol. The topological polar surface area (TPSA) is 93.1 Å². The Morgan fingerprint density at radius 1 is 1.50 bits per heavy atom. The lowest BCUT2D eigenvalue weighted by Crippen LogP contribution is -2.19. The summed E-state index contributed by atoms with van der Waals surface area (Å²) in [7, 11) is -4.44. The van der Waals surface area contributed by atoms with Crippen molar-refractivity contribution in [3.05, 3.63) is 12.2 Å². The molecule has 0 aromatic carbocycles. The molecule has 94 valence electrons. The minimum absolute atomic E-state index is 0.160. The van der Waals surface area contributed by atoms with Gasteiger partial charge in [0.15, 0.2) is 0 Å². The lowest BCUT2D eigenvalue weighted by atomic mass is 10.2. The SMILES string of the molecule is C=C(C)C(=O)OC(CC)CCOP(=O)(O)O. The second kappa shape index (κ2) is 6.81. The van der Waals surface area contributed by atoms with Crippen molar-refractivity contribution in [2.24, 2.45) is 0 Å². The molecule has 16 heavy (non-hydrogen) atoms. The summed E-state index contributed by atoms with van der Waals surface area (Å²) in [5.74, 6) is -0.511. The molecule has 0 rings (SSSR count). The van der Waals surface area contributed by atoms with Gasteiger partial charge in [-0.3, -0.25) is 4.52 Å². The average molecular weight is 252 g/mol. The standard InChI is InChI=1S/C9H17O6P/c1-4-8(15-9(10)7(2)3)5-6-14-16(11,12)13/h8H,2,4-6H2,1,3H3,(H2,11,12,13). The summed E-state index contributed by atoms with van der Waals surface area (Å²) >= 11 is 0. The molecule has 0 spiro atoms. The Morgan fingerprint density at radius 2 is 2.06 bits per heavy atom. The molecular formula is C9H17O6P. The normalized spacial score (nSPS) is 13.2. The van der Waals surface area contributed by atoms with Crippen LogP contribution in [0.4, 0.5) is 0 Å². The molecule has 0 aromatic heterocycles. The Labute approximate surface area is 94.5 Å². The number of esters is 1. The number of ether oxygens (including phenoxy) is 1. The summed E-state index contributed by atoms with van der Waals surface area (Å²) in [4.78, 5) is 28.0. The van der Waals surface area contributed by atoms with E-state index in [0.29, 0.717) is 6.42 Å². The fourth-order valence-corrected chi connectivity index (χ4v) is 1.24. The molecule has 0 amide bonds. The van der Waals surface area contributed by atoms with Gasteiger partial charge in [0, 0.05) is 12.0 Å². The summed E-state index contributed by atoms with van der Waals surface area (Å²) in [6, 6.07) is 0. The minimum atomic E-state index is -4.44. The minimum Gasteiger partial charge on any atom is -0.459 e. The highest BCUT2D eigenvalue weighted by Gasteiger charge is 2.17. The second-order valence-corrected chi connectivity index (χ2v) is 4.57. The number of carbonyl (C=O) groups is 1. The molecule has 1 unspecified atom stereocenters. The van der Waals surface area contributed by atoms with Crippen molar-refractivity contribution in [3.8, 4) is 0 Å². The van der Waals surface area contributed by atoms with Gasteiger partial charge in [0.05, 0.1) is 6.61 Å². The molecule has 0 aliphatic rings. The summed E-state index contributed by atoms with van der Waals surface area (Å²) in [6.45, 7) is 6.60. The van der Waals surface area contributed by atoms with Crippen LogP contribution in [0.15, 0.2) is 12.2 Å². The van der Waals surface area contributed by atoms with Crippen LogP contribution in [-0.4, -0.2) is 28.5 Å². The van der Waals surface area contributed by atoms with E-state index >= 15 is 0 Å². The summed E-state index contributed by atoms with van der Waals surface area (Å²) in [6.07, 6.45) is 0.361. The highest BCUT2D eigenvalue weighted by Crippen LogP contribution is 2.35. The number of phosphoric ester groups is 1. The van der Waals surface area contributed by atoms with Crippen LogP contribution in [0.1, 0.15) is 26.7 Å². The van der Waals surface area contributed by atoms with Crippen LogP contribution in [0.2, 0.25) is 0 Å². The number of hydrogen-bond acceptors (Lipinski definition) is 4. The van der Waals surface area contributed by atoms with Gasteiger partial charge in [0.25, 0.3) is 0 Å². The van der Waals surface area contributed by atoms with Crippen molar-refractivity contribution in [2.45, 2.75) is 32.8 Å². The second-order valence-electron chi connectivity index (χ2n) is 3.33. The molecule has 0 aliphatic carbocycles. The summed E-state index contributed by atoms with van der Waals surface area (Å²) in [5, 5.41) is 0. The van der Waals surface area contributed by atoms with E-state index in [1.54, 1.807) is 6.92 Å². The van der Waals surface area contributed by atoms with Gasteiger partial charge in [0.1, 0.15) is 6.10 Å². The van der Waals surface area contributed by atoms with Crippen LogP contribution in [0.5, 0.6) is 0 Å². The van der Waals surface area contributed by atoms with E-state index in [0.717, 1.165) is 0 Å². The molecule has 0 bridgehead atoms. The van der Waals surface area contributed by atoms with Gasteiger partial charge in [-0.1, -0.05) is 13.5 Å². The fraction of sp³-hybridized carbons (Fsp3) is 0.667. The maximum absolute atomic E-state index is 11.2. The Morgan fingerprint density at radius 3 is 2.44 bits per heavy atom. The molecular weight excluding hydrogens is 235 g/mol. The van der Waals surface area contributed by atoms with Gasteiger partial charge in [-0.2, -0.15) is 0 Å². The van der Waals surface area contributed by atoms with Crippen molar-refractivity contribution >= 4 is 13.8 Å². The molecule has 0 saturated carbocycles. The maximum Gasteiger partial charge on any atom is 0.469 e. The number of phosphoric acid groups is 1. The van der Waals surface area contributed by atoms with Crippen molar-refractivity contribution in [1.82, 2.24) is 0 Å². The van der Waals surface area contributed by atoms with Crippen LogP contribution < -0.4 is 0 Å². The van der Waals surface area contributed by atoms with Crippen LogP contribution >= 0.6 is 7.82 Å². The number of rotatable bonds is 7. The first-order chi connectivity index (χ1) is 7.26. The monoisotopic (exact) mass is 252 g/mol. The summed E-state index contributed by atoms with van der Waals surface area (Å²) < 4.78 is 19.6. The highest BCUT2D eigenvalue weighted by atomic mass is 31.2. The van der Waals surface area contributed by atoms with Gasteiger partial charge in [-0.25, -0.2) is 9.36 Å². The van der Waals surface area contributed by atoms with E-state index < -0.39 is 19.9 Å². The Balaban J connectivity index is 3.98. The van der Waals surface area contributed by atoms with Crippen LogP contribution in [-0.2, 0) is 18.6 Å². The van der Waals surface area contributed by atoms with Crippen molar-refractivity contribution in [3.63, 3.8) is 0 Å². The van der Waals surface area contributed by atoms with E-state index in [-0.39, 0.29) is 18.6 Å². The zero-order valence-electron chi connectivity index (χ0n) is 9.38. The first-order valence-corrected chi connectivity index (χ1v) is 6.36. The van der Waals surface area contributed by atoms with Crippen LogP contribution in [0.25, 0.3) is 0 Å². The summed E-state index contributed by atoms with van der Waals surface area (Å²) in [5.41, 5.74) is 0.286. The lowest BCUT2D eigenvalue weighted by Gasteiger charge is -2.16. The van der Waals surface area contributed by atoms with Gasteiger partial charge in [-0.05, 0) is 13.3 Å². The molecule has 0 heterocycles. The van der Waals surface area contributed by atoms with Crippen LogP contribution in [0, 0.1) is 0 Å². The van der Waals surface area contributed by atoms with Crippen molar-refractivity contribution < 1.29 is 28.4 Å². The van der Waals surface area contributed by atoms with E-state index in [9.17, 15) is 9.36 Å². The highest BCUT2D eigenvalue weighted by molar-refractivity contribution is 7.46. The largest absolute Gasteiger partial charge is 0.469 e. The molecule has 0 aliphatic heterocycles. The molecule has 2 N–H and O–H groups in total. The third kappa shape index (κ3) is 7.59. The van der Waals surface area contributed by atoms with Crippen molar-refractivity contribution in [1.29, 1.82) is 0 Å². The molecule has 0 radical (unpaired) electrons. The zero-order valence-corrected chi connectivity index (χ0v) is 10.3. The number of carbonyl (C=O) groups excluding carboxylic acids is 1. The molecule has 1 atom stereocenters. The third-order valence-corrected chi connectivity index (χ3v) is 2.30. The van der Waals surface area contributed by atoms with Gasteiger partial charge in [-0.15, -0.1) is 0 Å². The smallest absolute Gasteiger partial charge is 0.459 e. The van der Waals surface area contributed by atoms with E-state index in [4.69, 9.17) is 14.5 Å². The quantitative estimate of drug-likeness (QED) is 0.404. The van der Waals surface area contributed by atoms with E-state index in [1.165, 1.54) is 6.92 Å². The van der Waals surface area contributed by atoms with E-state index in [2.05, 4.69) is 11.1 Å². The first kappa shape index (κ1) is 15.3. The van der Waals surface area contributed by atoms with Gasteiger partial charge < -0.3 is 14.5 Å².